The van der Waals surface area contributed by atoms with Crippen LogP contribution in [0.2, 0.25) is 0 Å². The number of aliphatic hydroxyl groups excluding tert-OH is 1. The number of rotatable bonds is 6. The molecule has 1 amide bonds. The molecule has 0 radical (unpaired) electrons. The minimum Gasteiger partial charge on any atom is -0.396 e. The molecule has 2 saturated heterocycles. The average Bonchev–Trinajstić information content (AvgIpc) is 3.08. The minimum absolute atomic E-state index is 0.0807. The van der Waals surface area contributed by atoms with Gasteiger partial charge in [-0.1, -0.05) is 30.3 Å². The number of carbonyl (C=O) groups excluding carboxylic acids is 1. The fraction of sp³-hybridized carbons (Fsp3) is 0.650. The minimum atomic E-state index is -0.0807. The molecule has 2 aliphatic rings. The van der Waals surface area contributed by atoms with E-state index in [0.29, 0.717) is 5.92 Å². The Labute approximate surface area is 151 Å². The van der Waals surface area contributed by atoms with E-state index in [4.69, 9.17) is 0 Å². The molecule has 2 atom stereocenters. The van der Waals surface area contributed by atoms with Crippen molar-refractivity contribution in [3.63, 3.8) is 0 Å². The number of nitrogens with zero attached hydrogens (tertiary/aromatic N) is 2. The highest BCUT2D eigenvalue weighted by molar-refractivity contribution is 5.81. The van der Waals surface area contributed by atoms with E-state index in [1.165, 1.54) is 5.56 Å². The molecule has 2 heterocycles. The highest BCUT2D eigenvalue weighted by atomic mass is 16.3. The number of amides is 1. The van der Waals surface area contributed by atoms with Gasteiger partial charge in [-0.15, -0.1) is 0 Å². The van der Waals surface area contributed by atoms with Gasteiger partial charge in [0.2, 0.25) is 5.91 Å². The van der Waals surface area contributed by atoms with E-state index in [9.17, 15) is 9.90 Å². The van der Waals surface area contributed by atoms with Gasteiger partial charge in [-0.25, -0.2) is 0 Å². The summed E-state index contributed by atoms with van der Waals surface area (Å²) in [5, 5.41) is 12.5. The molecule has 0 bridgehead atoms. The zero-order chi connectivity index (χ0) is 17.6. The van der Waals surface area contributed by atoms with Crippen LogP contribution in [0.4, 0.5) is 0 Å². The maximum atomic E-state index is 12.6. The van der Waals surface area contributed by atoms with Crippen LogP contribution in [0.3, 0.4) is 0 Å². The molecule has 2 fully saturated rings. The Bertz CT molecular complexity index is 543. The second kappa shape index (κ2) is 8.79. The van der Waals surface area contributed by atoms with Crippen LogP contribution in [-0.2, 0) is 11.3 Å². The van der Waals surface area contributed by atoms with Crippen molar-refractivity contribution in [3.8, 4) is 0 Å². The van der Waals surface area contributed by atoms with Crippen molar-refractivity contribution in [1.82, 2.24) is 15.1 Å². The van der Waals surface area contributed by atoms with Gasteiger partial charge in [0.1, 0.15) is 0 Å². The van der Waals surface area contributed by atoms with Gasteiger partial charge in [0.25, 0.3) is 0 Å². The van der Waals surface area contributed by atoms with Gasteiger partial charge in [-0.3, -0.25) is 14.6 Å². The van der Waals surface area contributed by atoms with E-state index in [1.54, 1.807) is 0 Å². The number of piperidine rings is 1. The van der Waals surface area contributed by atoms with E-state index in [2.05, 4.69) is 39.4 Å². The summed E-state index contributed by atoms with van der Waals surface area (Å²) in [7, 11) is 0. The molecule has 2 unspecified atom stereocenters. The van der Waals surface area contributed by atoms with Crippen molar-refractivity contribution in [1.29, 1.82) is 0 Å². The summed E-state index contributed by atoms with van der Waals surface area (Å²) in [6.07, 6.45) is 3.00. The monoisotopic (exact) mass is 345 g/mol. The lowest BCUT2D eigenvalue weighted by Gasteiger charge is -2.35. The van der Waals surface area contributed by atoms with Gasteiger partial charge in [0.15, 0.2) is 0 Å². The summed E-state index contributed by atoms with van der Waals surface area (Å²) in [6.45, 7) is 7.02. The summed E-state index contributed by atoms with van der Waals surface area (Å²) in [5.41, 5.74) is 1.33. The molecule has 25 heavy (non-hydrogen) atoms. The zero-order valence-corrected chi connectivity index (χ0v) is 15.2. The normalized spacial score (nSPS) is 24.3. The molecule has 1 aromatic rings. The third-order valence-electron chi connectivity index (χ3n) is 5.70. The maximum absolute atomic E-state index is 12.6. The lowest BCUT2D eigenvalue weighted by Crippen LogP contribution is -2.51. The summed E-state index contributed by atoms with van der Waals surface area (Å²) < 4.78 is 0. The van der Waals surface area contributed by atoms with Crippen molar-refractivity contribution in [2.24, 2.45) is 5.92 Å². The largest absolute Gasteiger partial charge is 0.396 e. The SMILES string of the molecule is CC(C(=O)NC1CCN(Cc2ccccc2)C1)N1CCC(CO)CC1. The third kappa shape index (κ3) is 5.03. The number of aliphatic hydroxyl groups is 1. The van der Waals surface area contributed by atoms with Crippen LogP contribution in [0.25, 0.3) is 0 Å². The molecule has 0 saturated carbocycles. The summed E-state index contributed by atoms with van der Waals surface area (Å²) in [5.74, 6) is 0.557. The summed E-state index contributed by atoms with van der Waals surface area (Å²) in [6, 6.07) is 10.7. The smallest absolute Gasteiger partial charge is 0.237 e. The second-order valence-corrected chi connectivity index (χ2v) is 7.55. The van der Waals surface area contributed by atoms with Crippen LogP contribution in [0.15, 0.2) is 30.3 Å². The van der Waals surface area contributed by atoms with Crippen LogP contribution in [-0.4, -0.2) is 65.7 Å². The molecule has 2 N–H and O–H groups in total. The number of benzene rings is 1. The molecular weight excluding hydrogens is 314 g/mol. The Morgan fingerprint density at radius 2 is 1.92 bits per heavy atom. The van der Waals surface area contributed by atoms with Crippen molar-refractivity contribution in [2.45, 2.75) is 44.8 Å². The predicted molar refractivity (Wildman–Crippen MR) is 99.1 cm³/mol. The van der Waals surface area contributed by atoms with Crippen LogP contribution in [0, 0.1) is 5.92 Å². The van der Waals surface area contributed by atoms with Crippen molar-refractivity contribution >= 4 is 5.91 Å². The van der Waals surface area contributed by atoms with Gasteiger partial charge in [-0.05, 0) is 50.8 Å². The quantitative estimate of drug-likeness (QED) is 0.820. The van der Waals surface area contributed by atoms with E-state index < -0.39 is 0 Å². The first-order valence-electron chi connectivity index (χ1n) is 9.57. The Kier molecular flexibility index (Phi) is 6.45. The predicted octanol–water partition coefficient (Wildman–Crippen LogP) is 1.47. The number of hydrogen-bond acceptors (Lipinski definition) is 4. The van der Waals surface area contributed by atoms with Crippen LogP contribution in [0.5, 0.6) is 0 Å². The number of nitrogens with one attached hydrogen (secondary N) is 1. The third-order valence-corrected chi connectivity index (χ3v) is 5.70. The number of likely N-dealkylation sites (tertiary alicyclic amines) is 2. The van der Waals surface area contributed by atoms with Crippen molar-refractivity contribution in [3.05, 3.63) is 35.9 Å². The Hall–Kier alpha value is -1.43. The van der Waals surface area contributed by atoms with Gasteiger partial charge in [-0.2, -0.15) is 0 Å². The standard InChI is InChI=1S/C20H31N3O2/c1-16(23-11-7-18(15-24)8-12-23)20(25)21-19-9-10-22(14-19)13-17-5-3-2-4-6-17/h2-6,16,18-19,24H,7-15H2,1H3,(H,21,25). The Balaban J connectivity index is 1.42. The van der Waals surface area contributed by atoms with Crippen molar-refractivity contribution < 1.29 is 9.90 Å². The first kappa shape index (κ1) is 18.4. The Morgan fingerprint density at radius 1 is 1.20 bits per heavy atom. The lowest BCUT2D eigenvalue weighted by molar-refractivity contribution is -0.127. The summed E-state index contributed by atoms with van der Waals surface area (Å²) >= 11 is 0. The summed E-state index contributed by atoms with van der Waals surface area (Å²) in [4.78, 5) is 17.3. The number of hydrogen-bond donors (Lipinski definition) is 2. The van der Waals surface area contributed by atoms with Gasteiger partial charge < -0.3 is 10.4 Å². The zero-order valence-electron chi connectivity index (χ0n) is 15.2. The van der Waals surface area contributed by atoms with Crippen molar-refractivity contribution in [2.75, 3.05) is 32.8 Å². The molecule has 0 aliphatic carbocycles. The first-order chi connectivity index (χ1) is 12.2. The topological polar surface area (TPSA) is 55.8 Å². The Morgan fingerprint density at radius 3 is 2.60 bits per heavy atom. The fourth-order valence-corrected chi connectivity index (χ4v) is 3.95. The molecular formula is C20H31N3O2. The van der Waals surface area contributed by atoms with Gasteiger partial charge in [0, 0.05) is 32.3 Å². The van der Waals surface area contributed by atoms with Gasteiger partial charge in [0.05, 0.1) is 6.04 Å². The molecule has 2 aliphatic heterocycles. The molecule has 1 aromatic carbocycles. The molecule has 5 heteroatoms. The highest BCUT2D eigenvalue weighted by Gasteiger charge is 2.29. The molecule has 0 spiro atoms. The first-order valence-corrected chi connectivity index (χ1v) is 9.57. The molecule has 0 aromatic heterocycles. The maximum Gasteiger partial charge on any atom is 0.237 e. The van der Waals surface area contributed by atoms with Crippen LogP contribution in [0.1, 0.15) is 31.7 Å². The van der Waals surface area contributed by atoms with Crippen LogP contribution >= 0.6 is 0 Å². The van der Waals surface area contributed by atoms with E-state index in [-0.39, 0.29) is 24.6 Å². The molecule has 3 rings (SSSR count). The average molecular weight is 345 g/mol. The van der Waals surface area contributed by atoms with E-state index in [0.717, 1.165) is 52.0 Å². The van der Waals surface area contributed by atoms with Gasteiger partial charge >= 0.3 is 0 Å². The molecule has 5 nitrogen and oxygen atoms in total. The fourth-order valence-electron chi connectivity index (χ4n) is 3.95. The number of carbonyl (C=O) groups is 1. The van der Waals surface area contributed by atoms with Crippen LogP contribution < -0.4 is 5.32 Å². The van der Waals surface area contributed by atoms with E-state index in [1.807, 2.05) is 13.0 Å². The highest BCUT2D eigenvalue weighted by Crippen LogP contribution is 2.19. The molecule has 138 valence electrons. The van der Waals surface area contributed by atoms with E-state index >= 15 is 0 Å². The second-order valence-electron chi connectivity index (χ2n) is 7.55. The lowest BCUT2D eigenvalue weighted by atomic mass is 9.97.